The van der Waals surface area contributed by atoms with Crippen LogP contribution in [0.5, 0.6) is 0 Å². The van der Waals surface area contributed by atoms with Crippen molar-refractivity contribution in [2.45, 2.75) is 31.6 Å². The van der Waals surface area contributed by atoms with Crippen molar-refractivity contribution in [3.05, 3.63) is 82.1 Å². The zero-order chi connectivity index (χ0) is 20.1. The van der Waals surface area contributed by atoms with Crippen LogP contribution >= 0.6 is 11.6 Å². The van der Waals surface area contributed by atoms with E-state index in [1.165, 1.54) is 4.68 Å². The normalized spacial score (nSPS) is 11.7. The Balaban J connectivity index is 1.61. The van der Waals surface area contributed by atoms with E-state index in [9.17, 15) is 8.42 Å². The van der Waals surface area contributed by atoms with Gasteiger partial charge in [0.15, 0.2) is 0 Å². The summed E-state index contributed by atoms with van der Waals surface area (Å²) in [5.41, 5.74) is 3.28. The van der Waals surface area contributed by atoms with E-state index in [1.807, 2.05) is 54.6 Å². The summed E-state index contributed by atoms with van der Waals surface area (Å²) in [5.74, 6) is 0. The Labute approximate surface area is 170 Å². The minimum absolute atomic E-state index is 0.0130. The van der Waals surface area contributed by atoms with Gasteiger partial charge in [0, 0.05) is 13.6 Å². The standard InChI is InChI=1S/C20H22ClN3O3S/c1-15-19(20(21)24(2)23-15)28(25,26)22-12-17-9-6-10-18(11-17)14-27-13-16-7-4-3-5-8-16/h3-11,22H,12-14H2,1-2H3. The third-order valence-electron chi connectivity index (χ3n) is 4.21. The average Bonchev–Trinajstić information content (AvgIpc) is 2.94. The molecule has 0 spiro atoms. The highest BCUT2D eigenvalue weighted by Crippen LogP contribution is 2.24. The first-order chi connectivity index (χ1) is 13.4. The first kappa shape index (κ1) is 20.5. The summed E-state index contributed by atoms with van der Waals surface area (Å²) in [6.45, 7) is 2.74. The number of hydrogen-bond donors (Lipinski definition) is 1. The fourth-order valence-corrected chi connectivity index (χ4v) is 4.62. The lowest BCUT2D eigenvalue weighted by atomic mass is 10.1. The van der Waals surface area contributed by atoms with Crippen LogP contribution < -0.4 is 4.72 Å². The van der Waals surface area contributed by atoms with Crippen molar-refractivity contribution in [1.29, 1.82) is 0 Å². The van der Waals surface area contributed by atoms with Gasteiger partial charge in [-0.05, 0) is 23.6 Å². The molecule has 3 aromatic rings. The number of nitrogens with zero attached hydrogens (tertiary/aromatic N) is 2. The summed E-state index contributed by atoms with van der Waals surface area (Å²) < 4.78 is 34.9. The average molecular weight is 420 g/mol. The molecule has 0 aliphatic carbocycles. The minimum Gasteiger partial charge on any atom is -0.372 e. The third kappa shape index (κ3) is 4.99. The second-order valence-corrected chi connectivity index (χ2v) is 8.51. The number of nitrogens with one attached hydrogen (secondary N) is 1. The lowest BCUT2D eigenvalue weighted by molar-refractivity contribution is 0.107. The van der Waals surface area contributed by atoms with Crippen molar-refractivity contribution in [2.75, 3.05) is 0 Å². The maximum absolute atomic E-state index is 12.6. The summed E-state index contributed by atoms with van der Waals surface area (Å²) in [5, 5.41) is 4.14. The van der Waals surface area contributed by atoms with E-state index in [1.54, 1.807) is 14.0 Å². The minimum atomic E-state index is -3.76. The number of hydrogen-bond acceptors (Lipinski definition) is 4. The maximum atomic E-state index is 12.6. The summed E-state index contributed by atoms with van der Waals surface area (Å²) in [7, 11) is -2.16. The van der Waals surface area contributed by atoms with Gasteiger partial charge in [0.05, 0.1) is 18.9 Å². The molecule has 1 aromatic heterocycles. The molecular weight excluding hydrogens is 398 g/mol. The van der Waals surface area contributed by atoms with Crippen molar-refractivity contribution in [1.82, 2.24) is 14.5 Å². The molecule has 0 aliphatic heterocycles. The fraction of sp³-hybridized carbons (Fsp3) is 0.250. The van der Waals surface area contributed by atoms with Crippen molar-refractivity contribution >= 4 is 21.6 Å². The molecule has 0 unspecified atom stereocenters. The molecular formula is C20H22ClN3O3S. The summed E-state index contributed by atoms with van der Waals surface area (Å²) >= 11 is 6.08. The zero-order valence-electron chi connectivity index (χ0n) is 15.7. The molecule has 28 heavy (non-hydrogen) atoms. The van der Waals surface area contributed by atoms with Crippen molar-refractivity contribution in [3.63, 3.8) is 0 Å². The highest BCUT2D eigenvalue weighted by molar-refractivity contribution is 7.89. The first-order valence-corrected chi connectivity index (χ1v) is 10.6. The number of aryl methyl sites for hydroxylation is 2. The van der Waals surface area contributed by atoms with E-state index < -0.39 is 10.0 Å². The second-order valence-electron chi connectivity index (χ2n) is 6.45. The Morgan fingerprint density at radius 2 is 1.68 bits per heavy atom. The Morgan fingerprint density at radius 3 is 2.36 bits per heavy atom. The van der Waals surface area contributed by atoms with E-state index in [0.717, 1.165) is 16.7 Å². The highest BCUT2D eigenvalue weighted by Gasteiger charge is 2.24. The lowest BCUT2D eigenvalue weighted by Gasteiger charge is -2.09. The predicted octanol–water partition coefficient (Wildman–Crippen LogP) is 3.58. The number of benzene rings is 2. The van der Waals surface area contributed by atoms with Crippen LogP contribution in [0.15, 0.2) is 59.5 Å². The van der Waals surface area contributed by atoms with Gasteiger partial charge in [-0.25, -0.2) is 13.1 Å². The SMILES string of the molecule is Cc1nn(C)c(Cl)c1S(=O)(=O)NCc1cccc(COCc2ccccc2)c1. The molecule has 0 saturated heterocycles. The van der Waals surface area contributed by atoms with Crippen LogP contribution in [0.2, 0.25) is 5.15 Å². The maximum Gasteiger partial charge on any atom is 0.245 e. The molecule has 8 heteroatoms. The number of halogens is 1. The van der Waals surface area contributed by atoms with Crippen LogP contribution in [0, 0.1) is 6.92 Å². The summed E-state index contributed by atoms with van der Waals surface area (Å²) in [6.07, 6.45) is 0. The van der Waals surface area contributed by atoms with Gasteiger partial charge >= 0.3 is 0 Å². The molecule has 0 saturated carbocycles. The van der Waals surface area contributed by atoms with E-state index in [2.05, 4.69) is 9.82 Å². The highest BCUT2D eigenvalue weighted by atomic mass is 35.5. The quantitative estimate of drug-likeness (QED) is 0.605. The molecule has 2 aromatic carbocycles. The fourth-order valence-electron chi connectivity index (χ4n) is 2.86. The lowest BCUT2D eigenvalue weighted by Crippen LogP contribution is -2.24. The van der Waals surface area contributed by atoms with Crippen molar-refractivity contribution in [3.8, 4) is 0 Å². The van der Waals surface area contributed by atoms with Gasteiger partial charge < -0.3 is 4.74 Å². The van der Waals surface area contributed by atoms with Crippen LogP contribution in [-0.2, 0) is 41.6 Å². The molecule has 0 fully saturated rings. The van der Waals surface area contributed by atoms with Gasteiger partial charge in [-0.2, -0.15) is 5.10 Å². The number of ether oxygens (including phenoxy) is 1. The monoisotopic (exact) mass is 419 g/mol. The first-order valence-electron chi connectivity index (χ1n) is 8.75. The predicted molar refractivity (Wildman–Crippen MR) is 108 cm³/mol. The number of sulfonamides is 1. The molecule has 0 bridgehead atoms. The zero-order valence-corrected chi connectivity index (χ0v) is 17.3. The van der Waals surface area contributed by atoms with Gasteiger partial charge in [-0.15, -0.1) is 0 Å². The van der Waals surface area contributed by atoms with E-state index >= 15 is 0 Å². The molecule has 0 aliphatic rings. The van der Waals surface area contributed by atoms with Gasteiger partial charge in [0.2, 0.25) is 10.0 Å². The van der Waals surface area contributed by atoms with E-state index in [4.69, 9.17) is 16.3 Å². The Hall–Kier alpha value is -2.19. The molecule has 0 radical (unpaired) electrons. The van der Waals surface area contributed by atoms with Gasteiger partial charge in [-0.1, -0.05) is 66.2 Å². The molecule has 1 N–H and O–H groups in total. The topological polar surface area (TPSA) is 73.2 Å². The van der Waals surface area contributed by atoms with Crippen molar-refractivity contribution < 1.29 is 13.2 Å². The Morgan fingerprint density at radius 1 is 1.04 bits per heavy atom. The molecule has 0 atom stereocenters. The van der Waals surface area contributed by atoms with E-state index in [-0.39, 0.29) is 16.6 Å². The van der Waals surface area contributed by atoms with Gasteiger partial charge in [0.1, 0.15) is 10.0 Å². The number of aromatic nitrogens is 2. The molecule has 1 heterocycles. The van der Waals surface area contributed by atoms with Crippen LogP contribution in [-0.4, -0.2) is 18.2 Å². The summed E-state index contributed by atoms with van der Waals surface area (Å²) in [6, 6.07) is 17.6. The van der Waals surface area contributed by atoms with Crippen LogP contribution in [0.1, 0.15) is 22.4 Å². The van der Waals surface area contributed by atoms with Crippen molar-refractivity contribution in [2.24, 2.45) is 7.05 Å². The Bertz CT molecular complexity index is 1050. The van der Waals surface area contributed by atoms with Crippen LogP contribution in [0.25, 0.3) is 0 Å². The molecule has 6 nitrogen and oxygen atoms in total. The second kappa shape index (κ2) is 8.87. The van der Waals surface area contributed by atoms with Gasteiger partial charge in [0.25, 0.3) is 0 Å². The van der Waals surface area contributed by atoms with Crippen LogP contribution in [0.3, 0.4) is 0 Å². The summed E-state index contributed by atoms with van der Waals surface area (Å²) in [4.78, 5) is 0.0130. The molecule has 0 amide bonds. The Kier molecular flexibility index (Phi) is 6.51. The molecule has 3 rings (SSSR count). The third-order valence-corrected chi connectivity index (χ3v) is 6.30. The molecule has 148 valence electrons. The number of rotatable bonds is 8. The van der Waals surface area contributed by atoms with E-state index in [0.29, 0.717) is 18.9 Å². The smallest absolute Gasteiger partial charge is 0.245 e. The van der Waals surface area contributed by atoms with Gasteiger partial charge in [-0.3, -0.25) is 4.68 Å². The largest absolute Gasteiger partial charge is 0.372 e. The van der Waals surface area contributed by atoms with Crippen LogP contribution in [0.4, 0.5) is 0 Å².